The molecule has 0 fully saturated rings. The Morgan fingerprint density at radius 3 is 2.65 bits per heavy atom. The molecule has 0 aliphatic heterocycles. The molecular weight excluding hydrogens is 210 g/mol. The Balaban J connectivity index is 1.87. The fraction of sp³-hybridized carbons (Fsp3) is 0.200. The second-order valence-corrected chi connectivity index (χ2v) is 4.45. The first-order valence-electron chi connectivity index (χ1n) is 5.97. The van der Waals surface area contributed by atoms with Crippen molar-refractivity contribution in [1.82, 2.24) is 0 Å². The van der Waals surface area contributed by atoms with E-state index in [0.717, 1.165) is 24.1 Å². The van der Waals surface area contributed by atoms with Gasteiger partial charge in [0.1, 0.15) is 5.75 Å². The van der Waals surface area contributed by atoms with Crippen molar-refractivity contribution in [3.63, 3.8) is 0 Å². The van der Waals surface area contributed by atoms with Gasteiger partial charge in [-0.25, -0.2) is 0 Å². The lowest BCUT2D eigenvalue weighted by Gasteiger charge is -2.15. The molecule has 1 aliphatic carbocycles. The van der Waals surface area contributed by atoms with Crippen molar-refractivity contribution in [2.45, 2.75) is 18.9 Å². The highest BCUT2D eigenvalue weighted by atomic mass is 16.3. The number of phenolic OH excluding ortho intramolecular Hbond substituents is 1. The van der Waals surface area contributed by atoms with Gasteiger partial charge in [0.05, 0.1) is 6.04 Å². The highest BCUT2D eigenvalue weighted by Crippen LogP contribution is 2.37. The van der Waals surface area contributed by atoms with Crippen molar-refractivity contribution in [3.05, 3.63) is 59.7 Å². The first-order chi connectivity index (χ1) is 8.34. The minimum Gasteiger partial charge on any atom is -0.508 e. The molecule has 2 aromatic carbocycles. The highest BCUT2D eigenvalue weighted by Gasteiger charge is 2.24. The molecule has 0 bridgehead atoms. The first-order valence-corrected chi connectivity index (χ1v) is 5.97. The zero-order valence-corrected chi connectivity index (χ0v) is 9.56. The number of hydrogen-bond acceptors (Lipinski definition) is 2. The maximum Gasteiger partial charge on any atom is 0.119 e. The minimum absolute atomic E-state index is 0.319. The zero-order chi connectivity index (χ0) is 11.7. The van der Waals surface area contributed by atoms with Gasteiger partial charge in [0.15, 0.2) is 0 Å². The summed E-state index contributed by atoms with van der Waals surface area (Å²) in [5, 5.41) is 13.3. The third-order valence-corrected chi connectivity index (χ3v) is 3.36. The molecule has 0 saturated heterocycles. The quantitative estimate of drug-likeness (QED) is 0.820. The molecule has 0 saturated carbocycles. The Kier molecular flexibility index (Phi) is 2.48. The second-order valence-electron chi connectivity index (χ2n) is 4.45. The van der Waals surface area contributed by atoms with Crippen LogP contribution in [0.1, 0.15) is 23.6 Å². The molecule has 1 aliphatic rings. The Morgan fingerprint density at radius 2 is 1.82 bits per heavy atom. The van der Waals surface area contributed by atoms with E-state index in [0.29, 0.717) is 11.8 Å². The number of rotatable bonds is 2. The van der Waals surface area contributed by atoms with E-state index in [1.807, 2.05) is 24.3 Å². The van der Waals surface area contributed by atoms with Crippen molar-refractivity contribution < 1.29 is 5.11 Å². The standard InChI is InChI=1S/C15H15NO/c17-15-8-4-7-12-13(15)9-10-14(12)16-11-5-2-1-3-6-11/h1-8,14,16-17H,9-10H2. The van der Waals surface area contributed by atoms with Crippen LogP contribution in [0.4, 0.5) is 5.69 Å². The SMILES string of the molecule is Oc1cccc2c1CCC2Nc1ccccc1. The molecule has 0 amide bonds. The van der Waals surface area contributed by atoms with Crippen LogP contribution in [0.2, 0.25) is 0 Å². The summed E-state index contributed by atoms with van der Waals surface area (Å²) >= 11 is 0. The van der Waals surface area contributed by atoms with Gasteiger partial charge in [-0.2, -0.15) is 0 Å². The minimum atomic E-state index is 0.319. The molecule has 0 spiro atoms. The van der Waals surface area contributed by atoms with Crippen LogP contribution in [0.25, 0.3) is 0 Å². The van der Waals surface area contributed by atoms with Gasteiger partial charge in [0.25, 0.3) is 0 Å². The predicted octanol–water partition coefficient (Wildman–Crippen LogP) is 3.49. The second kappa shape index (κ2) is 4.13. The van der Waals surface area contributed by atoms with E-state index >= 15 is 0 Å². The van der Waals surface area contributed by atoms with E-state index in [9.17, 15) is 5.11 Å². The monoisotopic (exact) mass is 225 g/mol. The Morgan fingerprint density at radius 1 is 1.00 bits per heavy atom. The summed E-state index contributed by atoms with van der Waals surface area (Å²) in [5.41, 5.74) is 3.46. The van der Waals surface area contributed by atoms with E-state index in [1.165, 1.54) is 5.56 Å². The fourth-order valence-electron chi connectivity index (χ4n) is 2.52. The first kappa shape index (κ1) is 10.2. The number of anilines is 1. The van der Waals surface area contributed by atoms with Gasteiger partial charge in [0.2, 0.25) is 0 Å². The summed E-state index contributed by atoms with van der Waals surface area (Å²) in [7, 11) is 0. The Bertz CT molecular complexity index is 522. The average molecular weight is 225 g/mol. The molecule has 2 nitrogen and oxygen atoms in total. The van der Waals surface area contributed by atoms with Crippen LogP contribution >= 0.6 is 0 Å². The third-order valence-electron chi connectivity index (χ3n) is 3.36. The molecule has 0 heterocycles. The molecule has 0 radical (unpaired) electrons. The van der Waals surface area contributed by atoms with Gasteiger partial charge in [-0.05, 0) is 42.2 Å². The molecule has 1 unspecified atom stereocenters. The molecular formula is C15H15NO. The van der Waals surface area contributed by atoms with Crippen LogP contribution < -0.4 is 5.32 Å². The summed E-state index contributed by atoms with van der Waals surface area (Å²) < 4.78 is 0. The molecule has 86 valence electrons. The molecule has 2 heteroatoms. The van der Waals surface area contributed by atoms with Gasteiger partial charge < -0.3 is 10.4 Å². The molecule has 1 atom stereocenters. The van der Waals surface area contributed by atoms with E-state index in [2.05, 4.69) is 23.5 Å². The average Bonchev–Trinajstić information content (AvgIpc) is 2.76. The number of benzene rings is 2. The molecule has 17 heavy (non-hydrogen) atoms. The third kappa shape index (κ3) is 1.86. The van der Waals surface area contributed by atoms with E-state index in [1.54, 1.807) is 6.07 Å². The summed E-state index contributed by atoms with van der Waals surface area (Å²) in [6, 6.07) is 16.3. The van der Waals surface area contributed by atoms with Gasteiger partial charge in [-0.3, -0.25) is 0 Å². The van der Waals surface area contributed by atoms with Crippen molar-refractivity contribution in [2.24, 2.45) is 0 Å². The number of fused-ring (bicyclic) bond motifs is 1. The van der Waals surface area contributed by atoms with Crippen LogP contribution in [0.3, 0.4) is 0 Å². The normalized spacial score (nSPS) is 17.8. The fourth-order valence-corrected chi connectivity index (χ4v) is 2.52. The van der Waals surface area contributed by atoms with Crippen molar-refractivity contribution in [1.29, 1.82) is 0 Å². The number of hydrogen-bond donors (Lipinski definition) is 2. The lowest BCUT2D eigenvalue weighted by atomic mass is 10.1. The number of para-hydroxylation sites is 1. The van der Waals surface area contributed by atoms with E-state index < -0.39 is 0 Å². The summed E-state index contributed by atoms with van der Waals surface area (Å²) in [4.78, 5) is 0. The lowest BCUT2D eigenvalue weighted by Crippen LogP contribution is -2.06. The van der Waals surface area contributed by atoms with Crippen LogP contribution in [0.15, 0.2) is 48.5 Å². The smallest absolute Gasteiger partial charge is 0.119 e. The zero-order valence-electron chi connectivity index (χ0n) is 9.56. The highest BCUT2D eigenvalue weighted by molar-refractivity contribution is 5.51. The molecule has 2 aromatic rings. The van der Waals surface area contributed by atoms with Crippen molar-refractivity contribution in [2.75, 3.05) is 5.32 Å². The van der Waals surface area contributed by atoms with Crippen LogP contribution in [0, 0.1) is 0 Å². The largest absolute Gasteiger partial charge is 0.508 e. The van der Waals surface area contributed by atoms with Crippen LogP contribution in [-0.4, -0.2) is 5.11 Å². The summed E-state index contributed by atoms with van der Waals surface area (Å²) in [6.45, 7) is 0. The van der Waals surface area contributed by atoms with Gasteiger partial charge in [0, 0.05) is 5.69 Å². The Labute approximate surface area is 101 Å². The Hall–Kier alpha value is -1.96. The van der Waals surface area contributed by atoms with Crippen LogP contribution in [-0.2, 0) is 6.42 Å². The van der Waals surface area contributed by atoms with E-state index in [-0.39, 0.29) is 0 Å². The molecule has 2 N–H and O–H groups in total. The van der Waals surface area contributed by atoms with Gasteiger partial charge in [-0.15, -0.1) is 0 Å². The number of nitrogens with one attached hydrogen (secondary N) is 1. The van der Waals surface area contributed by atoms with Gasteiger partial charge in [-0.1, -0.05) is 30.3 Å². The molecule has 3 rings (SSSR count). The van der Waals surface area contributed by atoms with E-state index in [4.69, 9.17) is 0 Å². The van der Waals surface area contributed by atoms with Crippen LogP contribution in [0.5, 0.6) is 5.75 Å². The van der Waals surface area contributed by atoms with Gasteiger partial charge >= 0.3 is 0 Å². The van der Waals surface area contributed by atoms with Crippen molar-refractivity contribution >= 4 is 5.69 Å². The number of phenols is 1. The summed E-state index contributed by atoms with van der Waals surface area (Å²) in [6.07, 6.45) is 1.99. The maximum atomic E-state index is 9.79. The maximum absolute atomic E-state index is 9.79. The molecule has 0 aromatic heterocycles. The van der Waals surface area contributed by atoms with Crippen molar-refractivity contribution in [3.8, 4) is 5.75 Å². The topological polar surface area (TPSA) is 32.3 Å². The predicted molar refractivity (Wildman–Crippen MR) is 69.2 cm³/mol. The summed E-state index contributed by atoms with van der Waals surface area (Å²) in [5.74, 6) is 0.430. The number of aromatic hydroxyl groups is 1. The lowest BCUT2D eigenvalue weighted by molar-refractivity contribution is 0.469.